The van der Waals surface area contributed by atoms with Crippen LogP contribution < -0.4 is 27.0 Å². The van der Waals surface area contributed by atoms with E-state index < -0.39 is 60.4 Å². The number of hydrogen-bond acceptors (Lipinski definition) is 8. The normalized spacial score (nSPS) is 18.9. The molecule has 164 valence electrons. The van der Waals surface area contributed by atoms with Gasteiger partial charge in [0, 0.05) is 12.2 Å². The molecule has 0 saturated carbocycles. The van der Waals surface area contributed by atoms with Crippen molar-refractivity contribution in [3.05, 3.63) is 0 Å². The number of nitrogens with two attached hydrogens (primary N) is 1. The highest BCUT2D eigenvalue weighted by molar-refractivity contribution is 7.80. The highest BCUT2D eigenvalue weighted by atomic mass is 32.1. The van der Waals surface area contributed by atoms with Gasteiger partial charge in [0.05, 0.1) is 12.6 Å². The molecule has 29 heavy (non-hydrogen) atoms. The van der Waals surface area contributed by atoms with Crippen LogP contribution in [0.2, 0.25) is 0 Å². The molecule has 1 saturated heterocycles. The molecule has 0 aromatic heterocycles. The monoisotopic (exact) mass is 433 g/mol. The second kappa shape index (κ2) is 12.2. The Morgan fingerprint density at radius 1 is 1.07 bits per heavy atom. The first-order valence-corrected chi connectivity index (χ1v) is 9.70. The summed E-state index contributed by atoms with van der Waals surface area (Å²) in [7, 11) is 0. The minimum Gasteiger partial charge on any atom is -0.480 e. The standard InChI is InChI=1S/C16H27N5O7S/c17-12(23)4-3-9(19-13(24)8-2-1-5-18-8)14(25)21-11(7-29)15(26)20-10(6-22)16(27)28/h8-11,18,22,29H,1-7H2,(H2,17,23)(H,19,24)(H,20,26)(H,21,25)(H,27,28). The molecule has 4 amide bonds. The molecule has 1 fully saturated rings. The van der Waals surface area contributed by atoms with Crippen molar-refractivity contribution in [2.45, 2.75) is 49.9 Å². The predicted octanol–water partition coefficient (Wildman–Crippen LogP) is -3.53. The molecule has 1 aliphatic heterocycles. The summed E-state index contributed by atoms with van der Waals surface area (Å²) < 4.78 is 0. The summed E-state index contributed by atoms with van der Waals surface area (Å²) in [5.74, 6) is -4.30. The first-order chi connectivity index (χ1) is 13.7. The lowest BCUT2D eigenvalue weighted by Crippen LogP contribution is -2.58. The Morgan fingerprint density at radius 2 is 1.69 bits per heavy atom. The molecule has 1 heterocycles. The van der Waals surface area contributed by atoms with Gasteiger partial charge in [-0.2, -0.15) is 12.6 Å². The third kappa shape index (κ3) is 8.25. The number of aliphatic carboxylic acids is 1. The number of rotatable bonds is 12. The highest BCUT2D eigenvalue weighted by Crippen LogP contribution is 2.07. The molecule has 0 aromatic rings. The average Bonchev–Trinajstić information content (AvgIpc) is 3.21. The van der Waals surface area contributed by atoms with Gasteiger partial charge in [-0.15, -0.1) is 0 Å². The van der Waals surface area contributed by atoms with Gasteiger partial charge in [-0.25, -0.2) is 4.79 Å². The fourth-order valence-corrected chi connectivity index (χ4v) is 2.92. The van der Waals surface area contributed by atoms with Gasteiger partial charge in [0.25, 0.3) is 0 Å². The van der Waals surface area contributed by atoms with E-state index in [0.29, 0.717) is 13.0 Å². The van der Waals surface area contributed by atoms with E-state index in [-0.39, 0.29) is 18.6 Å². The Morgan fingerprint density at radius 3 is 2.17 bits per heavy atom. The lowest BCUT2D eigenvalue weighted by atomic mass is 10.1. The molecule has 1 aliphatic rings. The van der Waals surface area contributed by atoms with Gasteiger partial charge in [-0.05, 0) is 25.8 Å². The first kappa shape index (κ1) is 24.7. The maximum absolute atomic E-state index is 12.6. The number of nitrogens with one attached hydrogen (secondary N) is 4. The minimum atomic E-state index is -1.54. The molecule has 0 spiro atoms. The Kier molecular flexibility index (Phi) is 10.4. The van der Waals surface area contributed by atoms with Gasteiger partial charge in [0.1, 0.15) is 18.1 Å². The molecule has 12 nitrogen and oxygen atoms in total. The van der Waals surface area contributed by atoms with Crippen molar-refractivity contribution in [2.75, 3.05) is 18.9 Å². The summed E-state index contributed by atoms with van der Waals surface area (Å²) in [5, 5.41) is 27.9. The fourth-order valence-electron chi connectivity index (χ4n) is 2.66. The molecule has 13 heteroatoms. The van der Waals surface area contributed by atoms with Crippen LogP contribution in [-0.4, -0.2) is 82.9 Å². The number of carbonyl (C=O) groups is 5. The van der Waals surface area contributed by atoms with Crippen LogP contribution in [0, 0.1) is 0 Å². The Labute approximate surface area is 172 Å². The summed E-state index contributed by atoms with van der Waals surface area (Å²) >= 11 is 3.97. The Balaban J connectivity index is 2.78. The first-order valence-electron chi connectivity index (χ1n) is 9.06. The van der Waals surface area contributed by atoms with Crippen LogP contribution in [0.4, 0.5) is 0 Å². The maximum atomic E-state index is 12.6. The summed E-state index contributed by atoms with van der Waals surface area (Å²) in [6.07, 6.45) is 1.18. The number of aliphatic hydroxyl groups excluding tert-OH is 1. The summed E-state index contributed by atoms with van der Waals surface area (Å²) in [6, 6.07) is -4.35. The molecule has 0 aliphatic carbocycles. The van der Waals surface area contributed by atoms with Crippen LogP contribution in [0.5, 0.6) is 0 Å². The Hall–Kier alpha value is -2.38. The maximum Gasteiger partial charge on any atom is 0.328 e. The van der Waals surface area contributed by atoms with Crippen molar-refractivity contribution in [3.8, 4) is 0 Å². The van der Waals surface area contributed by atoms with Crippen molar-refractivity contribution in [1.29, 1.82) is 0 Å². The van der Waals surface area contributed by atoms with Crippen LogP contribution in [0.25, 0.3) is 0 Å². The third-order valence-corrected chi connectivity index (χ3v) is 4.67. The van der Waals surface area contributed by atoms with Crippen molar-refractivity contribution in [1.82, 2.24) is 21.3 Å². The Bertz CT molecular complexity index is 627. The van der Waals surface area contributed by atoms with E-state index in [0.717, 1.165) is 6.42 Å². The topological polar surface area (TPSA) is 200 Å². The van der Waals surface area contributed by atoms with Gasteiger partial charge in [0.15, 0.2) is 0 Å². The molecule has 8 N–H and O–H groups in total. The molecule has 0 radical (unpaired) electrons. The van der Waals surface area contributed by atoms with Crippen LogP contribution >= 0.6 is 12.6 Å². The van der Waals surface area contributed by atoms with Gasteiger partial charge in [-0.1, -0.05) is 0 Å². The fraction of sp³-hybridized carbons (Fsp3) is 0.688. The van der Waals surface area contributed by atoms with Crippen LogP contribution in [0.1, 0.15) is 25.7 Å². The number of primary amides is 1. The van der Waals surface area contributed by atoms with Gasteiger partial charge in [-0.3, -0.25) is 19.2 Å². The van der Waals surface area contributed by atoms with E-state index in [1.54, 1.807) is 0 Å². The van der Waals surface area contributed by atoms with E-state index in [9.17, 15) is 24.0 Å². The molecular weight excluding hydrogens is 406 g/mol. The van der Waals surface area contributed by atoms with Crippen molar-refractivity contribution < 1.29 is 34.2 Å². The van der Waals surface area contributed by atoms with Crippen LogP contribution in [0.3, 0.4) is 0 Å². The average molecular weight is 433 g/mol. The number of thiol groups is 1. The molecule has 4 atom stereocenters. The highest BCUT2D eigenvalue weighted by Gasteiger charge is 2.31. The second-order valence-corrected chi connectivity index (χ2v) is 6.91. The number of aliphatic hydroxyl groups is 1. The lowest BCUT2D eigenvalue weighted by molar-refractivity contribution is -0.143. The summed E-state index contributed by atoms with van der Waals surface area (Å²) in [5.41, 5.74) is 5.12. The third-order valence-electron chi connectivity index (χ3n) is 4.30. The van der Waals surface area contributed by atoms with Crippen molar-refractivity contribution in [2.24, 2.45) is 5.73 Å². The number of carboxylic acid groups (broad SMARTS) is 1. The zero-order chi connectivity index (χ0) is 22.0. The van der Waals surface area contributed by atoms with E-state index in [1.165, 1.54) is 0 Å². The molecule has 4 unspecified atom stereocenters. The zero-order valence-corrected chi connectivity index (χ0v) is 16.6. The smallest absolute Gasteiger partial charge is 0.328 e. The van der Waals surface area contributed by atoms with Crippen LogP contribution in [0.15, 0.2) is 0 Å². The molecule has 0 aromatic carbocycles. The SMILES string of the molecule is NC(=O)CCC(NC(=O)C1CCCN1)C(=O)NC(CS)C(=O)NC(CO)C(=O)O. The lowest BCUT2D eigenvalue weighted by Gasteiger charge is -2.24. The van der Waals surface area contributed by atoms with Gasteiger partial charge in [0.2, 0.25) is 23.6 Å². The summed E-state index contributed by atoms with van der Waals surface area (Å²) in [6.45, 7) is -0.159. The van der Waals surface area contributed by atoms with Gasteiger partial charge < -0.3 is 37.2 Å². The number of hydrogen-bond donors (Lipinski definition) is 8. The zero-order valence-electron chi connectivity index (χ0n) is 15.7. The largest absolute Gasteiger partial charge is 0.480 e. The van der Waals surface area contributed by atoms with Crippen LogP contribution in [-0.2, 0) is 24.0 Å². The van der Waals surface area contributed by atoms with E-state index in [1.807, 2.05) is 0 Å². The summed E-state index contributed by atoms with van der Waals surface area (Å²) in [4.78, 5) is 59.1. The predicted molar refractivity (Wildman–Crippen MR) is 104 cm³/mol. The molecular formula is C16H27N5O7S. The van der Waals surface area contributed by atoms with Crippen molar-refractivity contribution in [3.63, 3.8) is 0 Å². The number of carbonyl (C=O) groups excluding carboxylic acids is 4. The quantitative estimate of drug-likeness (QED) is 0.145. The molecule has 0 bridgehead atoms. The molecule has 1 rings (SSSR count). The van der Waals surface area contributed by atoms with E-state index in [4.69, 9.17) is 15.9 Å². The number of amides is 4. The van der Waals surface area contributed by atoms with E-state index >= 15 is 0 Å². The second-order valence-electron chi connectivity index (χ2n) is 6.54. The van der Waals surface area contributed by atoms with E-state index in [2.05, 4.69) is 33.9 Å². The minimum absolute atomic E-state index is 0.0745. The number of carboxylic acids is 1. The van der Waals surface area contributed by atoms with Crippen molar-refractivity contribution >= 4 is 42.2 Å². The van der Waals surface area contributed by atoms with Gasteiger partial charge >= 0.3 is 5.97 Å².